The number of nitrogens with one attached hydrogen (secondary N) is 1. The minimum atomic E-state index is -0.417. The fraction of sp³-hybridized carbons (Fsp3) is 0.286. The Bertz CT molecular complexity index is 602. The van der Waals surface area contributed by atoms with Crippen LogP contribution in [-0.4, -0.2) is 23.5 Å². The van der Waals surface area contributed by atoms with E-state index in [2.05, 4.69) is 10.3 Å². The van der Waals surface area contributed by atoms with Gasteiger partial charge in [-0.3, -0.25) is 4.79 Å². The van der Waals surface area contributed by atoms with Crippen LogP contribution in [0.3, 0.4) is 0 Å². The summed E-state index contributed by atoms with van der Waals surface area (Å²) in [7, 11) is 0. The van der Waals surface area contributed by atoms with Crippen LogP contribution in [0.25, 0.3) is 0 Å². The molecule has 4 nitrogen and oxygen atoms in total. The maximum absolute atomic E-state index is 13.6. The number of hydrogen-bond acceptors (Lipinski definition) is 4. The monoisotopic (exact) mass is 291 g/mol. The summed E-state index contributed by atoms with van der Waals surface area (Å²) in [5, 5.41) is 5.40. The van der Waals surface area contributed by atoms with Crippen LogP contribution in [0.1, 0.15) is 12.8 Å². The number of anilines is 2. The van der Waals surface area contributed by atoms with Crippen LogP contribution < -0.4 is 10.2 Å². The zero-order chi connectivity index (χ0) is 13.9. The van der Waals surface area contributed by atoms with Crippen molar-refractivity contribution < 1.29 is 9.18 Å². The molecule has 1 aliphatic rings. The van der Waals surface area contributed by atoms with Crippen molar-refractivity contribution in [3.63, 3.8) is 0 Å². The summed E-state index contributed by atoms with van der Waals surface area (Å²) in [5.41, 5.74) is 0.225. The summed E-state index contributed by atoms with van der Waals surface area (Å²) < 4.78 is 13.6. The quantitative estimate of drug-likeness (QED) is 0.945. The van der Waals surface area contributed by atoms with Crippen molar-refractivity contribution in [2.45, 2.75) is 18.9 Å². The van der Waals surface area contributed by atoms with Gasteiger partial charge in [0.2, 0.25) is 5.91 Å². The number of nitrogens with zero attached hydrogens (tertiary/aromatic N) is 2. The molecule has 1 aromatic carbocycles. The molecule has 2 aromatic rings. The molecule has 1 saturated heterocycles. The van der Waals surface area contributed by atoms with E-state index in [1.54, 1.807) is 24.4 Å². The smallest absolute Gasteiger partial charge is 0.247 e. The fourth-order valence-corrected chi connectivity index (χ4v) is 3.12. The summed E-state index contributed by atoms with van der Waals surface area (Å²) in [6, 6.07) is 5.92. The molecular formula is C14H14FN3OS. The number of benzene rings is 1. The van der Waals surface area contributed by atoms with Crippen molar-refractivity contribution >= 4 is 28.1 Å². The van der Waals surface area contributed by atoms with E-state index in [4.69, 9.17) is 0 Å². The standard InChI is InChI=1S/C14H14FN3OS/c15-10-4-1-2-5-11(10)17-13(19)12-6-3-8-18(12)14-16-7-9-20-14/h1-2,4-5,7,9,12H,3,6,8H2,(H,17,19)/t12-/m0/s1. The Hall–Kier alpha value is -1.95. The Balaban J connectivity index is 1.75. The van der Waals surface area contributed by atoms with Gasteiger partial charge in [-0.05, 0) is 25.0 Å². The molecule has 0 saturated carbocycles. The highest BCUT2D eigenvalue weighted by atomic mass is 32.1. The first-order valence-corrected chi connectivity index (χ1v) is 7.35. The van der Waals surface area contributed by atoms with Crippen LogP contribution >= 0.6 is 11.3 Å². The van der Waals surface area contributed by atoms with E-state index in [1.807, 2.05) is 10.3 Å². The third kappa shape index (κ3) is 2.51. The maximum atomic E-state index is 13.6. The topological polar surface area (TPSA) is 45.2 Å². The summed E-state index contributed by atoms with van der Waals surface area (Å²) in [6.45, 7) is 0.808. The van der Waals surface area contributed by atoms with E-state index >= 15 is 0 Å². The molecule has 1 fully saturated rings. The van der Waals surface area contributed by atoms with Gasteiger partial charge in [0.05, 0.1) is 5.69 Å². The van der Waals surface area contributed by atoms with E-state index in [0.717, 1.165) is 24.5 Å². The average Bonchev–Trinajstić information content (AvgIpc) is 3.11. The highest BCUT2D eigenvalue weighted by Crippen LogP contribution is 2.28. The zero-order valence-electron chi connectivity index (χ0n) is 10.8. The van der Waals surface area contributed by atoms with Crippen LogP contribution in [0.15, 0.2) is 35.8 Å². The molecule has 0 aliphatic carbocycles. The second-order valence-electron chi connectivity index (χ2n) is 4.64. The fourth-order valence-electron chi connectivity index (χ4n) is 2.40. The minimum absolute atomic E-state index is 0.178. The number of halogens is 1. The molecule has 6 heteroatoms. The summed E-state index contributed by atoms with van der Waals surface area (Å²) in [5.74, 6) is -0.595. The highest BCUT2D eigenvalue weighted by molar-refractivity contribution is 7.13. The Morgan fingerprint density at radius 1 is 1.45 bits per heavy atom. The molecule has 1 aromatic heterocycles. The van der Waals surface area contributed by atoms with Crippen LogP contribution in [0.5, 0.6) is 0 Å². The number of carbonyl (C=O) groups is 1. The molecular weight excluding hydrogens is 277 g/mol. The van der Waals surface area contributed by atoms with Crippen LogP contribution in [0.2, 0.25) is 0 Å². The minimum Gasteiger partial charge on any atom is -0.336 e. The third-order valence-electron chi connectivity index (χ3n) is 3.35. The van der Waals surface area contributed by atoms with Crippen molar-refractivity contribution in [1.29, 1.82) is 0 Å². The van der Waals surface area contributed by atoms with Gasteiger partial charge in [0.25, 0.3) is 0 Å². The van der Waals surface area contributed by atoms with E-state index in [0.29, 0.717) is 0 Å². The van der Waals surface area contributed by atoms with E-state index in [-0.39, 0.29) is 17.6 Å². The van der Waals surface area contributed by atoms with Gasteiger partial charge in [-0.15, -0.1) is 11.3 Å². The molecule has 0 spiro atoms. The first kappa shape index (κ1) is 13.1. The highest BCUT2D eigenvalue weighted by Gasteiger charge is 2.32. The molecule has 2 heterocycles. The van der Waals surface area contributed by atoms with Crippen molar-refractivity contribution in [1.82, 2.24) is 4.98 Å². The molecule has 1 atom stereocenters. The molecule has 1 amide bonds. The van der Waals surface area contributed by atoms with Crippen LogP contribution in [0, 0.1) is 5.82 Å². The lowest BCUT2D eigenvalue weighted by molar-refractivity contribution is -0.117. The number of amides is 1. The normalized spacial score (nSPS) is 18.2. The van der Waals surface area contributed by atoms with Gasteiger partial charge in [-0.1, -0.05) is 12.1 Å². The Morgan fingerprint density at radius 3 is 3.05 bits per heavy atom. The number of para-hydroxylation sites is 1. The van der Waals surface area contributed by atoms with Crippen molar-refractivity contribution in [2.24, 2.45) is 0 Å². The second-order valence-corrected chi connectivity index (χ2v) is 5.51. The van der Waals surface area contributed by atoms with Crippen molar-refractivity contribution in [2.75, 3.05) is 16.8 Å². The first-order valence-electron chi connectivity index (χ1n) is 6.47. The second kappa shape index (κ2) is 5.58. The predicted octanol–water partition coefficient (Wildman–Crippen LogP) is 2.89. The van der Waals surface area contributed by atoms with Gasteiger partial charge in [-0.25, -0.2) is 9.37 Å². The molecule has 0 radical (unpaired) electrons. The summed E-state index contributed by atoms with van der Waals surface area (Å²) in [6.07, 6.45) is 3.43. The first-order chi connectivity index (χ1) is 9.75. The van der Waals surface area contributed by atoms with E-state index in [9.17, 15) is 9.18 Å². The van der Waals surface area contributed by atoms with Gasteiger partial charge >= 0.3 is 0 Å². The lowest BCUT2D eigenvalue weighted by Crippen LogP contribution is -2.39. The van der Waals surface area contributed by atoms with Gasteiger partial charge in [0.15, 0.2) is 5.13 Å². The number of rotatable bonds is 3. The van der Waals surface area contributed by atoms with E-state index < -0.39 is 5.82 Å². The largest absolute Gasteiger partial charge is 0.336 e. The molecule has 20 heavy (non-hydrogen) atoms. The predicted molar refractivity (Wildman–Crippen MR) is 77.5 cm³/mol. The van der Waals surface area contributed by atoms with Gasteiger partial charge < -0.3 is 10.2 Å². The third-order valence-corrected chi connectivity index (χ3v) is 4.16. The number of carbonyl (C=O) groups excluding carboxylic acids is 1. The number of hydrogen-bond donors (Lipinski definition) is 1. The molecule has 0 bridgehead atoms. The van der Waals surface area contributed by atoms with E-state index in [1.165, 1.54) is 17.4 Å². The lowest BCUT2D eigenvalue weighted by atomic mass is 10.2. The Morgan fingerprint density at radius 2 is 2.30 bits per heavy atom. The molecule has 0 unspecified atom stereocenters. The van der Waals surface area contributed by atoms with Gasteiger partial charge in [0, 0.05) is 18.1 Å². The summed E-state index contributed by atoms with van der Waals surface area (Å²) in [4.78, 5) is 18.6. The van der Waals surface area contributed by atoms with Gasteiger partial charge in [0.1, 0.15) is 11.9 Å². The summed E-state index contributed by atoms with van der Waals surface area (Å²) >= 11 is 1.51. The SMILES string of the molecule is O=C(Nc1ccccc1F)[C@@H]1CCCN1c1nccs1. The molecule has 104 valence electrons. The lowest BCUT2D eigenvalue weighted by Gasteiger charge is -2.23. The van der Waals surface area contributed by atoms with Crippen LogP contribution in [-0.2, 0) is 4.79 Å². The van der Waals surface area contributed by atoms with Gasteiger partial charge in [-0.2, -0.15) is 0 Å². The Labute approximate surface area is 120 Å². The van der Waals surface area contributed by atoms with Crippen LogP contribution in [0.4, 0.5) is 15.2 Å². The van der Waals surface area contributed by atoms with Crippen molar-refractivity contribution in [3.05, 3.63) is 41.7 Å². The molecule has 1 aliphatic heterocycles. The molecule has 1 N–H and O–H groups in total. The van der Waals surface area contributed by atoms with Crippen molar-refractivity contribution in [3.8, 4) is 0 Å². The number of thiazole rings is 1. The average molecular weight is 291 g/mol. The maximum Gasteiger partial charge on any atom is 0.247 e. The zero-order valence-corrected chi connectivity index (χ0v) is 11.6. The Kier molecular flexibility index (Phi) is 3.64. The number of aromatic nitrogens is 1. The molecule has 3 rings (SSSR count).